The first kappa shape index (κ1) is 18.1. The number of ether oxygens (including phenoxy) is 1. The van der Waals surface area contributed by atoms with Crippen LogP contribution in [0, 0.1) is 13.8 Å². The molecule has 25 heavy (non-hydrogen) atoms. The summed E-state index contributed by atoms with van der Waals surface area (Å²) in [6.07, 6.45) is 0. The highest BCUT2D eigenvalue weighted by atomic mass is 32.2. The molecule has 3 rings (SSSR count). The summed E-state index contributed by atoms with van der Waals surface area (Å²) in [4.78, 5) is 0.323. The molecular weight excluding hydrogens is 342 g/mol. The Morgan fingerprint density at radius 3 is 2.40 bits per heavy atom. The maximum absolute atomic E-state index is 12.6. The highest BCUT2D eigenvalue weighted by Crippen LogP contribution is 2.18. The number of nitrogens with zero attached hydrogens (tertiary/aromatic N) is 2. The summed E-state index contributed by atoms with van der Waals surface area (Å²) in [5, 5.41) is 7.26. The number of nitrogens with one attached hydrogen (secondary N) is 1. The SMILES string of the molecule is Cc1noc(C)c1CNCc1ccc(S(=O)(=O)N2CCOCC2)cc1. The molecule has 1 fully saturated rings. The van der Waals surface area contributed by atoms with Crippen molar-refractivity contribution in [1.29, 1.82) is 0 Å². The van der Waals surface area contributed by atoms with Gasteiger partial charge in [0.2, 0.25) is 10.0 Å². The van der Waals surface area contributed by atoms with Crippen molar-refractivity contribution in [3.05, 3.63) is 46.8 Å². The highest BCUT2D eigenvalue weighted by molar-refractivity contribution is 7.89. The average Bonchev–Trinajstić information content (AvgIpc) is 2.95. The lowest BCUT2D eigenvalue weighted by molar-refractivity contribution is 0.0730. The third kappa shape index (κ3) is 4.09. The van der Waals surface area contributed by atoms with Gasteiger partial charge in [0.1, 0.15) is 5.76 Å². The van der Waals surface area contributed by atoms with Gasteiger partial charge in [-0.2, -0.15) is 4.31 Å². The van der Waals surface area contributed by atoms with E-state index in [0.29, 0.717) is 44.3 Å². The third-order valence-electron chi connectivity index (χ3n) is 4.34. The summed E-state index contributed by atoms with van der Waals surface area (Å²) in [6.45, 7) is 6.82. The van der Waals surface area contributed by atoms with Crippen LogP contribution in [-0.2, 0) is 27.8 Å². The third-order valence-corrected chi connectivity index (χ3v) is 6.26. The van der Waals surface area contributed by atoms with Crippen LogP contribution < -0.4 is 5.32 Å². The average molecular weight is 365 g/mol. The van der Waals surface area contributed by atoms with Gasteiger partial charge in [-0.1, -0.05) is 17.3 Å². The minimum absolute atomic E-state index is 0.323. The summed E-state index contributed by atoms with van der Waals surface area (Å²) < 4.78 is 37.0. The number of rotatable bonds is 6. The van der Waals surface area contributed by atoms with Crippen LogP contribution >= 0.6 is 0 Å². The molecule has 1 aliphatic heterocycles. The molecule has 0 radical (unpaired) electrons. The monoisotopic (exact) mass is 365 g/mol. The maximum Gasteiger partial charge on any atom is 0.243 e. The van der Waals surface area contributed by atoms with Crippen LogP contribution in [0.4, 0.5) is 0 Å². The summed E-state index contributed by atoms with van der Waals surface area (Å²) in [5.41, 5.74) is 2.97. The van der Waals surface area contributed by atoms with Crippen molar-refractivity contribution >= 4 is 10.0 Å². The van der Waals surface area contributed by atoms with E-state index in [4.69, 9.17) is 9.26 Å². The molecule has 1 aromatic heterocycles. The van der Waals surface area contributed by atoms with E-state index < -0.39 is 10.0 Å². The number of morpholine rings is 1. The molecule has 0 unspecified atom stereocenters. The Bertz CT molecular complexity index is 789. The fourth-order valence-corrected chi connectivity index (χ4v) is 4.21. The van der Waals surface area contributed by atoms with Gasteiger partial charge < -0.3 is 14.6 Å². The van der Waals surface area contributed by atoms with E-state index in [0.717, 1.165) is 22.6 Å². The Morgan fingerprint density at radius 2 is 1.80 bits per heavy atom. The molecule has 7 nitrogen and oxygen atoms in total. The zero-order chi connectivity index (χ0) is 17.9. The van der Waals surface area contributed by atoms with Crippen molar-refractivity contribution in [1.82, 2.24) is 14.8 Å². The smallest absolute Gasteiger partial charge is 0.243 e. The number of benzene rings is 1. The van der Waals surface area contributed by atoms with Crippen molar-refractivity contribution in [2.45, 2.75) is 31.8 Å². The van der Waals surface area contributed by atoms with E-state index >= 15 is 0 Å². The van der Waals surface area contributed by atoms with Crippen molar-refractivity contribution < 1.29 is 17.7 Å². The van der Waals surface area contributed by atoms with E-state index in [9.17, 15) is 8.42 Å². The molecule has 8 heteroatoms. The van der Waals surface area contributed by atoms with Gasteiger partial charge in [0.15, 0.2) is 0 Å². The second kappa shape index (κ2) is 7.65. The van der Waals surface area contributed by atoms with Crippen molar-refractivity contribution in [2.24, 2.45) is 0 Å². The van der Waals surface area contributed by atoms with Gasteiger partial charge in [-0.25, -0.2) is 8.42 Å². The highest BCUT2D eigenvalue weighted by Gasteiger charge is 2.26. The second-order valence-electron chi connectivity index (χ2n) is 6.07. The van der Waals surface area contributed by atoms with Gasteiger partial charge in [0, 0.05) is 31.7 Å². The lowest BCUT2D eigenvalue weighted by atomic mass is 10.2. The minimum atomic E-state index is -3.43. The maximum atomic E-state index is 12.6. The molecule has 2 aromatic rings. The molecule has 0 bridgehead atoms. The molecule has 0 amide bonds. The Kier molecular flexibility index (Phi) is 5.53. The fraction of sp³-hybridized carbons (Fsp3) is 0.471. The molecule has 1 aromatic carbocycles. The van der Waals surface area contributed by atoms with Crippen LogP contribution in [0.25, 0.3) is 0 Å². The minimum Gasteiger partial charge on any atom is -0.379 e. The van der Waals surface area contributed by atoms with Crippen molar-refractivity contribution in [3.63, 3.8) is 0 Å². The van der Waals surface area contributed by atoms with Crippen LogP contribution in [0.2, 0.25) is 0 Å². The summed E-state index contributed by atoms with van der Waals surface area (Å²) in [5.74, 6) is 0.817. The van der Waals surface area contributed by atoms with Crippen LogP contribution in [0.15, 0.2) is 33.7 Å². The lowest BCUT2D eigenvalue weighted by Gasteiger charge is -2.26. The number of hydrogen-bond acceptors (Lipinski definition) is 6. The summed E-state index contributed by atoms with van der Waals surface area (Å²) in [6, 6.07) is 7.01. The van der Waals surface area contributed by atoms with Crippen LogP contribution in [0.1, 0.15) is 22.6 Å². The van der Waals surface area contributed by atoms with Crippen LogP contribution in [0.3, 0.4) is 0 Å². The van der Waals surface area contributed by atoms with Crippen molar-refractivity contribution in [2.75, 3.05) is 26.3 Å². The first-order chi connectivity index (χ1) is 12.0. The summed E-state index contributed by atoms with van der Waals surface area (Å²) in [7, 11) is -3.43. The van der Waals surface area contributed by atoms with Gasteiger partial charge in [-0.3, -0.25) is 0 Å². The van der Waals surface area contributed by atoms with Gasteiger partial charge >= 0.3 is 0 Å². The van der Waals surface area contributed by atoms with Crippen LogP contribution in [0.5, 0.6) is 0 Å². The molecular formula is C17H23N3O4S. The Labute approximate surface area is 148 Å². The Balaban J connectivity index is 1.60. The molecule has 1 saturated heterocycles. The zero-order valence-electron chi connectivity index (χ0n) is 14.5. The predicted molar refractivity (Wildman–Crippen MR) is 92.5 cm³/mol. The van der Waals surface area contributed by atoms with E-state index in [2.05, 4.69) is 10.5 Å². The van der Waals surface area contributed by atoms with Crippen molar-refractivity contribution in [3.8, 4) is 0 Å². The largest absolute Gasteiger partial charge is 0.379 e. The normalized spacial score (nSPS) is 16.2. The molecule has 0 atom stereocenters. The van der Waals surface area contributed by atoms with Crippen LogP contribution in [-0.4, -0.2) is 44.2 Å². The standard InChI is InChI=1S/C17H23N3O4S/c1-13-17(14(2)24-19-13)12-18-11-15-3-5-16(6-4-15)25(21,22)20-7-9-23-10-8-20/h3-6,18H,7-12H2,1-2H3. The molecule has 1 aliphatic rings. The molecule has 136 valence electrons. The number of aryl methyl sites for hydroxylation is 2. The van der Waals surface area contributed by atoms with E-state index in [1.54, 1.807) is 12.1 Å². The molecule has 1 N–H and O–H groups in total. The van der Waals surface area contributed by atoms with Gasteiger partial charge in [-0.15, -0.1) is 0 Å². The van der Waals surface area contributed by atoms with Gasteiger partial charge in [0.25, 0.3) is 0 Å². The molecule has 2 heterocycles. The molecule has 0 spiro atoms. The quantitative estimate of drug-likeness (QED) is 0.837. The second-order valence-corrected chi connectivity index (χ2v) is 8.00. The first-order valence-corrected chi connectivity index (χ1v) is 9.72. The number of hydrogen-bond donors (Lipinski definition) is 1. The molecule has 0 saturated carbocycles. The number of sulfonamides is 1. The summed E-state index contributed by atoms with van der Waals surface area (Å²) >= 11 is 0. The topological polar surface area (TPSA) is 84.7 Å². The van der Waals surface area contributed by atoms with E-state index in [-0.39, 0.29) is 0 Å². The lowest BCUT2D eigenvalue weighted by Crippen LogP contribution is -2.40. The van der Waals surface area contributed by atoms with Gasteiger partial charge in [0.05, 0.1) is 23.8 Å². The van der Waals surface area contributed by atoms with E-state index in [1.165, 1.54) is 4.31 Å². The molecule has 0 aliphatic carbocycles. The first-order valence-electron chi connectivity index (χ1n) is 8.28. The Morgan fingerprint density at radius 1 is 1.12 bits per heavy atom. The fourth-order valence-electron chi connectivity index (χ4n) is 2.80. The van der Waals surface area contributed by atoms with E-state index in [1.807, 2.05) is 26.0 Å². The Hall–Kier alpha value is -1.74. The zero-order valence-corrected chi connectivity index (χ0v) is 15.3. The number of aromatic nitrogens is 1. The predicted octanol–water partition coefficient (Wildman–Crippen LogP) is 1.60. The van der Waals surface area contributed by atoms with Gasteiger partial charge in [-0.05, 0) is 31.5 Å².